The summed E-state index contributed by atoms with van der Waals surface area (Å²) in [5, 5.41) is 7.56. The molecule has 1 aliphatic carbocycles. The third-order valence-electron chi connectivity index (χ3n) is 4.19. The summed E-state index contributed by atoms with van der Waals surface area (Å²) in [6, 6.07) is 3.79. The van der Waals surface area contributed by atoms with Gasteiger partial charge in [0.25, 0.3) is 5.91 Å². The van der Waals surface area contributed by atoms with E-state index in [1.807, 2.05) is 23.0 Å². The molecule has 1 atom stereocenters. The van der Waals surface area contributed by atoms with Gasteiger partial charge in [0.2, 0.25) is 0 Å². The fourth-order valence-electron chi connectivity index (χ4n) is 3.06. The molecule has 7 nitrogen and oxygen atoms in total. The minimum absolute atomic E-state index is 0.0566. The predicted octanol–water partition coefficient (Wildman–Crippen LogP) is 1.86. The Balaban J connectivity index is 1.61. The maximum atomic E-state index is 12.4. The molecule has 4 rings (SSSR count). The van der Waals surface area contributed by atoms with Crippen LogP contribution in [0.4, 0.5) is 0 Å². The topological polar surface area (TPSA) is 85.6 Å². The van der Waals surface area contributed by atoms with Gasteiger partial charge >= 0.3 is 0 Å². The molecule has 1 aliphatic rings. The minimum atomic E-state index is -0.211. The van der Waals surface area contributed by atoms with E-state index < -0.39 is 0 Å². The van der Waals surface area contributed by atoms with Gasteiger partial charge in [-0.05, 0) is 31.4 Å². The van der Waals surface area contributed by atoms with Gasteiger partial charge in [-0.2, -0.15) is 5.10 Å². The molecule has 7 heteroatoms. The number of hydrogen-bond acceptors (Lipinski definition) is 5. The summed E-state index contributed by atoms with van der Waals surface area (Å²) in [6.45, 7) is 0. The van der Waals surface area contributed by atoms with E-state index in [0.29, 0.717) is 5.69 Å². The van der Waals surface area contributed by atoms with Crippen molar-refractivity contribution in [1.82, 2.24) is 30.0 Å². The van der Waals surface area contributed by atoms with E-state index in [4.69, 9.17) is 0 Å². The summed E-state index contributed by atoms with van der Waals surface area (Å²) in [7, 11) is 0. The number of aromatic nitrogens is 5. The van der Waals surface area contributed by atoms with Gasteiger partial charge in [-0.15, -0.1) is 0 Å². The monoisotopic (exact) mass is 320 g/mol. The van der Waals surface area contributed by atoms with Crippen LogP contribution in [0.2, 0.25) is 0 Å². The fourth-order valence-corrected chi connectivity index (χ4v) is 3.06. The molecule has 0 saturated carbocycles. The standard InChI is InChI=1S/C17H16N6O/c24-17(15-11-19-8-9-20-15)22-14-2-1-3-16-13(14)10-21-23(16)12-4-6-18-7-5-12/h4-11,14H,1-3H2,(H,22,24)/t14-/m1/s1. The molecule has 0 aliphatic heterocycles. The van der Waals surface area contributed by atoms with Crippen molar-refractivity contribution in [3.63, 3.8) is 0 Å². The second-order valence-electron chi connectivity index (χ2n) is 5.67. The van der Waals surface area contributed by atoms with Crippen LogP contribution >= 0.6 is 0 Å². The van der Waals surface area contributed by atoms with E-state index in [2.05, 4.69) is 25.4 Å². The van der Waals surface area contributed by atoms with Crippen molar-refractivity contribution >= 4 is 5.91 Å². The Labute approximate surface area is 138 Å². The Morgan fingerprint density at radius 1 is 1.12 bits per heavy atom. The Morgan fingerprint density at radius 3 is 2.79 bits per heavy atom. The summed E-state index contributed by atoms with van der Waals surface area (Å²) in [5.41, 5.74) is 3.51. The molecular formula is C17H16N6O. The van der Waals surface area contributed by atoms with Crippen LogP contribution in [0.3, 0.4) is 0 Å². The molecule has 3 aromatic rings. The van der Waals surface area contributed by atoms with Gasteiger partial charge in [0.05, 0.1) is 24.1 Å². The van der Waals surface area contributed by atoms with Crippen LogP contribution in [0.15, 0.2) is 49.3 Å². The molecule has 120 valence electrons. The van der Waals surface area contributed by atoms with Crippen LogP contribution in [0.1, 0.15) is 40.6 Å². The molecule has 0 saturated heterocycles. The molecule has 3 aromatic heterocycles. The van der Waals surface area contributed by atoms with Crippen LogP contribution < -0.4 is 5.32 Å². The smallest absolute Gasteiger partial charge is 0.271 e. The Hall–Kier alpha value is -3.09. The number of rotatable bonds is 3. The summed E-state index contributed by atoms with van der Waals surface area (Å²) in [4.78, 5) is 24.4. The van der Waals surface area contributed by atoms with Crippen molar-refractivity contribution in [2.75, 3.05) is 0 Å². The molecule has 0 spiro atoms. The van der Waals surface area contributed by atoms with Crippen molar-refractivity contribution < 1.29 is 4.79 Å². The van der Waals surface area contributed by atoms with E-state index in [1.54, 1.807) is 18.6 Å². The van der Waals surface area contributed by atoms with Crippen LogP contribution in [0, 0.1) is 0 Å². The number of nitrogens with zero attached hydrogens (tertiary/aromatic N) is 5. The van der Waals surface area contributed by atoms with Gasteiger partial charge in [0.15, 0.2) is 0 Å². The van der Waals surface area contributed by atoms with E-state index in [0.717, 1.165) is 36.2 Å². The van der Waals surface area contributed by atoms with Crippen LogP contribution in [0.25, 0.3) is 5.69 Å². The van der Waals surface area contributed by atoms with Crippen LogP contribution in [0.5, 0.6) is 0 Å². The van der Waals surface area contributed by atoms with Crippen molar-refractivity contribution in [2.24, 2.45) is 0 Å². The van der Waals surface area contributed by atoms with Crippen LogP contribution in [-0.2, 0) is 6.42 Å². The lowest BCUT2D eigenvalue weighted by Gasteiger charge is -2.24. The van der Waals surface area contributed by atoms with E-state index in [9.17, 15) is 4.79 Å². The van der Waals surface area contributed by atoms with Crippen molar-refractivity contribution in [3.05, 3.63) is 66.3 Å². The Bertz CT molecular complexity index is 846. The Morgan fingerprint density at radius 2 is 2.00 bits per heavy atom. The normalized spacial score (nSPS) is 16.4. The zero-order valence-corrected chi connectivity index (χ0v) is 13.0. The number of fused-ring (bicyclic) bond motifs is 1. The van der Waals surface area contributed by atoms with Gasteiger partial charge < -0.3 is 5.32 Å². The summed E-state index contributed by atoms with van der Waals surface area (Å²) < 4.78 is 1.93. The lowest BCUT2D eigenvalue weighted by Crippen LogP contribution is -2.31. The molecule has 0 unspecified atom stereocenters. The first kappa shape index (κ1) is 14.5. The quantitative estimate of drug-likeness (QED) is 0.796. The fraction of sp³-hybridized carbons (Fsp3) is 0.235. The van der Waals surface area contributed by atoms with Crippen LogP contribution in [-0.4, -0.2) is 30.6 Å². The highest BCUT2D eigenvalue weighted by atomic mass is 16.1. The lowest BCUT2D eigenvalue weighted by molar-refractivity contribution is 0.0927. The zero-order valence-electron chi connectivity index (χ0n) is 13.0. The highest BCUT2D eigenvalue weighted by Gasteiger charge is 2.26. The van der Waals surface area contributed by atoms with E-state index in [1.165, 1.54) is 12.4 Å². The SMILES string of the molecule is O=C(N[C@@H]1CCCc2c1cnn2-c1ccncc1)c1cnccn1. The van der Waals surface area contributed by atoms with Gasteiger partial charge in [0.1, 0.15) is 5.69 Å². The average Bonchev–Trinajstić information content (AvgIpc) is 3.08. The van der Waals surface area contributed by atoms with Crippen molar-refractivity contribution in [1.29, 1.82) is 0 Å². The third kappa shape index (κ3) is 2.64. The number of pyridine rings is 1. The second-order valence-corrected chi connectivity index (χ2v) is 5.67. The molecule has 0 aromatic carbocycles. The first-order chi connectivity index (χ1) is 11.8. The summed E-state index contributed by atoms with van der Waals surface area (Å²) in [6.07, 6.45) is 12.7. The largest absolute Gasteiger partial charge is 0.344 e. The predicted molar refractivity (Wildman–Crippen MR) is 86.5 cm³/mol. The van der Waals surface area contributed by atoms with Crippen molar-refractivity contribution in [3.8, 4) is 5.69 Å². The number of hydrogen-bond donors (Lipinski definition) is 1. The first-order valence-corrected chi connectivity index (χ1v) is 7.87. The average molecular weight is 320 g/mol. The summed E-state index contributed by atoms with van der Waals surface area (Å²) >= 11 is 0. The third-order valence-corrected chi connectivity index (χ3v) is 4.19. The zero-order chi connectivity index (χ0) is 16.4. The first-order valence-electron chi connectivity index (χ1n) is 7.87. The van der Waals surface area contributed by atoms with Crippen molar-refractivity contribution in [2.45, 2.75) is 25.3 Å². The summed E-state index contributed by atoms with van der Waals surface area (Å²) in [5.74, 6) is -0.211. The van der Waals surface area contributed by atoms with E-state index >= 15 is 0 Å². The van der Waals surface area contributed by atoms with E-state index in [-0.39, 0.29) is 11.9 Å². The molecule has 24 heavy (non-hydrogen) atoms. The molecule has 0 radical (unpaired) electrons. The maximum Gasteiger partial charge on any atom is 0.271 e. The van der Waals surface area contributed by atoms with Gasteiger partial charge in [-0.3, -0.25) is 14.8 Å². The van der Waals surface area contributed by atoms with Gasteiger partial charge in [-0.1, -0.05) is 0 Å². The minimum Gasteiger partial charge on any atom is -0.344 e. The molecule has 1 amide bonds. The molecule has 1 N–H and O–H groups in total. The highest BCUT2D eigenvalue weighted by molar-refractivity contribution is 5.92. The Kier molecular flexibility index (Phi) is 3.74. The molecule has 0 bridgehead atoms. The van der Waals surface area contributed by atoms with Gasteiger partial charge in [-0.25, -0.2) is 9.67 Å². The molecule has 3 heterocycles. The number of carbonyl (C=O) groups excluding carboxylic acids is 1. The number of nitrogens with one attached hydrogen (secondary N) is 1. The molecular weight excluding hydrogens is 304 g/mol. The molecule has 0 fully saturated rings. The second kappa shape index (κ2) is 6.19. The number of carbonyl (C=O) groups is 1. The number of amides is 1. The van der Waals surface area contributed by atoms with Gasteiger partial charge in [0, 0.05) is 36.0 Å². The lowest BCUT2D eigenvalue weighted by atomic mass is 9.92. The highest BCUT2D eigenvalue weighted by Crippen LogP contribution is 2.31. The maximum absolute atomic E-state index is 12.4.